The van der Waals surface area contributed by atoms with Crippen molar-refractivity contribution in [3.05, 3.63) is 5.73 Å². The molecule has 0 aliphatic carbocycles. The maximum Gasteiger partial charge on any atom is 0.289 e. The molecule has 0 aliphatic heterocycles. The Morgan fingerprint density at radius 3 is 2.25 bits per heavy atom. The molecule has 0 bridgehead atoms. The van der Waals surface area contributed by atoms with Crippen molar-refractivity contribution in [3.8, 4) is 0 Å². The van der Waals surface area contributed by atoms with Crippen LogP contribution in [-0.4, -0.2) is 24.2 Å². The first-order valence-electron chi connectivity index (χ1n) is 3.51. The number of esters is 1. The number of rotatable bonds is 2. The third-order valence-electron chi connectivity index (χ3n) is 0.927. The number of carbonyl (C=O) groups excluding carboxylic acids is 1. The van der Waals surface area contributed by atoms with Crippen LogP contribution in [0.2, 0.25) is 0 Å². The first-order valence-corrected chi connectivity index (χ1v) is 3.51. The Balaban J connectivity index is 0. The van der Waals surface area contributed by atoms with Gasteiger partial charge in [0, 0.05) is 32.7 Å². The Morgan fingerprint density at radius 2 is 2.00 bits per heavy atom. The van der Waals surface area contributed by atoms with Crippen LogP contribution in [0.1, 0.15) is 20.8 Å². The van der Waals surface area contributed by atoms with Gasteiger partial charge in [0.1, 0.15) is 5.60 Å². The predicted molar refractivity (Wildman–Crippen MR) is 43.0 cm³/mol. The molecule has 0 fully saturated rings. The summed E-state index contributed by atoms with van der Waals surface area (Å²) in [5, 5.41) is 0. The van der Waals surface area contributed by atoms with E-state index in [0.717, 1.165) is 0 Å². The van der Waals surface area contributed by atoms with Crippen LogP contribution in [0.5, 0.6) is 0 Å². The van der Waals surface area contributed by atoms with Crippen molar-refractivity contribution in [2.24, 2.45) is 5.73 Å². The van der Waals surface area contributed by atoms with Gasteiger partial charge in [-0.3, -0.25) is 4.79 Å². The molecule has 69 valence electrons. The van der Waals surface area contributed by atoms with Crippen molar-refractivity contribution in [2.45, 2.75) is 32.4 Å². The van der Waals surface area contributed by atoms with Crippen LogP contribution >= 0.6 is 0 Å². The molecule has 0 rings (SSSR count). The molecule has 0 heterocycles. The second-order valence-electron chi connectivity index (χ2n) is 3.32. The molecule has 0 amide bonds. The summed E-state index contributed by atoms with van der Waals surface area (Å²) >= 11 is 0. The second kappa shape index (κ2) is 6.03. The van der Waals surface area contributed by atoms with Crippen LogP contribution in [-0.2, 0) is 42.2 Å². The first-order chi connectivity index (χ1) is 4.87. The number of nitrogens with one attached hydrogen (secondary N) is 1. The van der Waals surface area contributed by atoms with E-state index in [1.807, 2.05) is 0 Å². The summed E-state index contributed by atoms with van der Waals surface area (Å²) in [6.45, 7) is 5.28. The molecular formula is C7H15N2O2Y-. The number of hydrogen-bond donors (Lipinski definition) is 1. The van der Waals surface area contributed by atoms with E-state index in [-0.39, 0.29) is 39.3 Å². The zero-order valence-corrected chi connectivity index (χ0v) is 10.6. The van der Waals surface area contributed by atoms with Crippen LogP contribution in [0.4, 0.5) is 0 Å². The quantitative estimate of drug-likeness (QED) is 0.731. The van der Waals surface area contributed by atoms with Crippen LogP contribution in [0.3, 0.4) is 0 Å². The van der Waals surface area contributed by atoms with E-state index >= 15 is 0 Å². The van der Waals surface area contributed by atoms with Crippen molar-refractivity contribution in [3.63, 3.8) is 0 Å². The standard InChI is InChI=1S/C7H15N2O2.Y/c1-7(2,3)11-6(10)5(9)4-8;/h5,9H,4,8H2,1-3H3;/q-1;. The van der Waals surface area contributed by atoms with Gasteiger partial charge in [0.25, 0.3) is 5.97 Å². The van der Waals surface area contributed by atoms with Crippen LogP contribution < -0.4 is 5.73 Å². The van der Waals surface area contributed by atoms with Gasteiger partial charge in [-0.05, 0) is 33.4 Å². The summed E-state index contributed by atoms with van der Waals surface area (Å²) in [6, 6.07) is -0.950. The fourth-order valence-corrected chi connectivity index (χ4v) is 0.469. The maximum atomic E-state index is 10.9. The summed E-state index contributed by atoms with van der Waals surface area (Å²) in [7, 11) is 0. The third-order valence-corrected chi connectivity index (χ3v) is 0.927. The molecule has 0 saturated heterocycles. The summed E-state index contributed by atoms with van der Waals surface area (Å²) in [5.41, 5.74) is 11.7. The summed E-state index contributed by atoms with van der Waals surface area (Å²) < 4.78 is 4.88. The Kier molecular flexibility index (Phi) is 7.53. The van der Waals surface area contributed by atoms with Crippen LogP contribution in [0.25, 0.3) is 5.73 Å². The van der Waals surface area contributed by atoms with Gasteiger partial charge in [0.05, 0.1) is 0 Å². The molecule has 0 aromatic rings. The molecule has 4 nitrogen and oxygen atoms in total. The summed E-state index contributed by atoms with van der Waals surface area (Å²) in [6.07, 6.45) is 0. The number of hydrogen-bond acceptors (Lipinski definition) is 3. The van der Waals surface area contributed by atoms with E-state index in [0.29, 0.717) is 0 Å². The third kappa shape index (κ3) is 7.16. The van der Waals surface area contributed by atoms with Crippen molar-refractivity contribution in [2.75, 3.05) is 6.54 Å². The van der Waals surface area contributed by atoms with E-state index in [9.17, 15) is 4.79 Å². The number of carbonyl (C=O) groups is 1. The van der Waals surface area contributed by atoms with E-state index in [2.05, 4.69) is 0 Å². The fraction of sp³-hybridized carbons (Fsp3) is 0.857. The molecule has 0 aromatic carbocycles. The molecule has 1 radical (unpaired) electrons. The Morgan fingerprint density at radius 1 is 1.58 bits per heavy atom. The molecule has 0 saturated carbocycles. The van der Waals surface area contributed by atoms with Crippen molar-refractivity contribution in [1.82, 2.24) is 0 Å². The smallest absolute Gasteiger partial charge is 0.289 e. The zero-order chi connectivity index (χ0) is 9.07. The van der Waals surface area contributed by atoms with E-state index in [1.54, 1.807) is 20.8 Å². The fourth-order valence-electron chi connectivity index (χ4n) is 0.469. The van der Waals surface area contributed by atoms with Gasteiger partial charge in [0.15, 0.2) is 0 Å². The number of ether oxygens (including phenoxy) is 1. The minimum atomic E-state index is -0.950. The van der Waals surface area contributed by atoms with Gasteiger partial charge in [-0.2, -0.15) is 0 Å². The molecule has 3 N–H and O–H groups in total. The van der Waals surface area contributed by atoms with E-state index in [4.69, 9.17) is 16.2 Å². The number of nitrogens with two attached hydrogens (primary N) is 1. The van der Waals surface area contributed by atoms with E-state index in [1.165, 1.54) is 0 Å². The molecule has 0 aromatic heterocycles. The zero-order valence-electron chi connectivity index (χ0n) is 7.76. The van der Waals surface area contributed by atoms with E-state index < -0.39 is 17.6 Å². The van der Waals surface area contributed by atoms with Crippen LogP contribution in [0.15, 0.2) is 0 Å². The minimum absolute atomic E-state index is 0. The largest absolute Gasteiger partial charge is 0.664 e. The normalized spacial score (nSPS) is 13.1. The minimum Gasteiger partial charge on any atom is -0.664 e. The molecule has 12 heavy (non-hydrogen) atoms. The molecule has 0 aliphatic rings. The molecule has 1 atom stereocenters. The van der Waals surface area contributed by atoms with Crippen molar-refractivity contribution in [1.29, 1.82) is 0 Å². The monoisotopic (exact) mass is 248 g/mol. The SMILES string of the molecule is CC(C)(C)OC(=O)C([NH-])CN.[Y]. The summed E-state index contributed by atoms with van der Waals surface area (Å²) in [4.78, 5) is 10.9. The molecule has 5 heteroatoms. The Bertz CT molecular complexity index is 145. The van der Waals surface area contributed by atoms with Gasteiger partial charge >= 0.3 is 0 Å². The Hall–Kier alpha value is 0.494. The maximum absolute atomic E-state index is 10.9. The van der Waals surface area contributed by atoms with Crippen molar-refractivity contribution >= 4 is 5.97 Å². The average Bonchev–Trinajstić information content (AvgIpc) is 1.82. The van der Waals surface area contributed by atoms with Gasteiger partial charge in [-0.25, -0.2) is 0 Å². The first kappa shape index (κ1) is 15.0. The van der Waals surface area contributed by atoms with Crippen LogP contribution in [0, 0.1) is 0 Å². The Labute approximate surface area is 98.3 Å². The molecule has 0 spiro atoms. The van der Waals surface area contributed by atoms with Gasteiger partial charge < -0.3 is 16.2 Å². The van der Waals surface area contributed by atoms with Crippen molar-refractivity contribution < 1.29 is 42.2 Å². The van der Waals surface area contributed by atoms with Gasteiger partial charge in [0.2, 0.25) is 0 Å². The second-order valence-corrected chi connectivity index (χ2v) is 3.32. The topological polar surface area (TPSA) is 76.1 Å². The predicted octanol–water partition coefficient (Wildman–Crippen LogP) is 0.705. The summed E-state index contributed by atoms with van der Waals surface area (Å²) in [5.74, 6) is -0.556. The van der Waals surface area contributed by atoms with Gasteiger partial charge in [-0.1, -0.05) is 0 Å². The van der Waals surface area contributed by atoms with Gasteiger partial charge in [-0.15, -0.1) is 0 Å². The average molecular weight is 248 g/mol. The molecule has 1 unspecified atom stereocenters. The molecular weight excluding hydrogens is 233 g/mol.